The molecule has 0 aliphatic carbocycles. The predicted octanol–water partition coefficient (Wildman–Crippen LogP) is 4.22. The zero-order valence-electron chi connectivity index (χ0n) is 11.0. The number of rotatable bonds is 4. The van der Waals surface area contributed by atoms with Crippen LogP contribution in [0.4, 0.5) is 0 Å². The van der Waals surface area contributed by atoms with E-state index < -0.39 is 0 Å². The van der Waals surface area contributed by atoms with E-state index in [-0.39, 0.29) is 5.91 Å². The smallest absolute Gasteiger partial charge is 0.253 e. The van der Waals surface area contributed by atoms with Gasteiger partial charge in [0.15, 0.2) is 0 Å². The second-order valence-corrected chi connectivity index (χ2v) is 6.08. The van der Waals surface area contributed by atoms with Gasteiger partial charge in [0.25, 0.3) is 5.91 Å². The van der Waals surface area contributed by atoms with E-state index in [2.05, 4.69) is 34.3 Å². The molecular formula is C15H16BrNOS. The molecule has 0 saturated heterocycles. The van der Waals surface area contributed by atoms with Crippen LogP contribution in [0.25, 0.3) is 0 Å². The van der Waals surface area contributed by atoms with E-state index >= 15 is 0 Å². The van der Waals surface area contributed by atoms with Crippen molar-refractivity contribution in [2.45, 2.75) is 18.8 Å². The number of nitrogens with zero attached hydrogens (tertiary/aromatic N) is 1. The first-order valence-electron chi connectivity index (χ1n) is 6.05. The summed E-state index contributed by atoms with van der Waals surface area (Å²) in [5.41, 5.74) is 3.16. The minimum Gasteiger partial charge on any atom is -0.337 e. The molecule has 0 saturated carbocycles. The van der Waals surface area contributed by atoms with Gasteiger partial charge in [0, 0.05) is 22.8 Å². The maximum Gasteiger partial charge on any atom is 0.253 e. The van der Waals surface area contributed by atoms with E-state index in [1.807, 2.05) is 31.3 Å². The zero-order chi connectivity index (χ0) is 13.8. The van der Waals surface area contributed by atoms with Crippen LogP contribution in [0.5, 0.6) is 0 Å². The van der Waals surface area contributed by atoms with Crippen molar-refractivity contribution >= 4 is 33.2 Å². The van der Waals surface area contributed by atoms with E-state index in [9.17, 15) is 4.79 Å². The molecule has 2 aromatic rings. The normalized spacial score (nSPS) is 10.5. The van der Waals surface area contributed by atoms with Crippen LogP contribution in [0.3, 0.4) is 0 Å². The van der Waals surface area contributed by atoms with Gasteiger partial charge in [0.2, 0.25) is 0 Å². The van der Waals surface area contributed by atoms with Crippen molar-refractivity contribution in [3.8, 4) is 0 Å². The number of aryl methyl sites for hydroxylation is 1. The Labute approximate surface area is 126 Å². The van der Waals surface area contributed by atoms with E-state index in [4.69, 9.17) is 0 Å². The monoisotopic (exact) mass is 337 g/mol. The third kappa shape index (κ3) is 3.45. The topological polar surface area (TPSA) is 20.3 Å². The Bertz CT molecular complexity index is 562. The summed E-state index contributed by atoms with van der Waals surface area (Å²) >= 11 is 5.10. The fourth-order valence-corrected chi connectivity index (χ4v) is 3.14. The number of carbonyl (C=O) groups excluding carboxylic acids is 1. The quantitative estimate of drug-likeness (QED) is 0.764. The van der Waals surface area contributed by atoms with Gasteiger partial charge in [-0.05, 0) is 41.6 Å². The maximum absolute atomic E-state index is 12.3. The summed E-state index contributed by atoms with van der Waals surface area (Å²) in [6, 6.07) is 9.81. The van der Waals surface area contributed by atoms with Crippen molar-refractivity contribution in [2.75, 3.05) is 7.05 Å². The number of benzene rings is 1. The summed E-state index contributed by atoms with van der Waals surface area (Å²) < 4.78 is 0. The van der Waals surface area contributed by atoms with Crippen LogP contribution in [0.1, 0.15) is 26.4 Å². The fraction of sp³-hybridized carbons (Fsp3) is 0.267. The molecule has 0 bridgehead atoms. The molecule has 0 aliphatic rings. The first-order valence-corrected chi connectivity index (χ1v) is 8.05. The molecule has 2 nitrogen and oxygen atoms in total. The minimum absolute atomic E-state index is 0.0638. The Balaban J connectivity index is 2.08. The number of carbonyl (C=O) groups is 1. The van der Waals surface area contributed by atoms with Crippen LogP contribution in [0.15, 0.2) is 35.7 Å². The standard InChI is InChI=1S/C15H16BrNOS/c1-11-7-8-19-14(11)10-17(2)15(18)13-5-3-12(9-16)4-6-13/h3-8H,9-10H2,1-2H3. The Morgan fingerprint density at radius 3 is 2.47 bits per heavy atom. The molecule has 1 amide bonds. The van der Waals surface area contributed by atoms with E-state index in [0.717, 1.165) is 10.9 Å². The van der Waals surface area contributed by atoms with Crippen molar-refractivity contribution in [1.82, 2.24) is 4.90 Å². The third-order valence-electron chi connectivity index (χ3n) is 3.05. The lowest BCUT2D eigenvalue weighted by Crippen LogP contribution is -2.26. The second-order valence-electron chi connectivity index (χ2n) is 4.52. The average Bonchev–Trinajstić information content (AvgIpc) is 2.83. The van der Waals surface area contributed by atoms with Crippen molar-refractivity contribution < 1.29 is 4.79 Å². The molecular weight excluding hydrogens is 322 g/mol. The third-order valence-corrected chi connectivity index (χ3v) is 4.71. The van der Waals surface area contributed by atoms with Crippen LogP contribution < -0.4 is 0 Å². The van der Waals surface area contributed by atoms with Crippen LogP contribution in [-0.2, 0) is 11.9 Å². The predicted molar refractivity (Wildman–Crippen MR) is 83.9 cm³/mol. The second kappa shape index (κ2) is 6.35. The molecule has 0 aliphatic heterocycles. The zero-order valence-corrected chi connectivity index (χ0v) is 13.4. The summed E-state index contributed by atoms with van der Waals surface area (Å²) in [6.45, 7) is 2.75. The molecule has 19 heavy (non-hydrogen) atoms. The molecule has 1 aromatic heterocycles. The van der Waals surface area contributed by atoms with Crippen molar-refractivity contribution in [1.29, 1.82) is 0 Å². The molecule has 100 valence electrons. The minimum atomic E-state index is 0.0638. The summed E-state index contributed by atoms with van der Waals surface area (Å²) in [6.07, 6.45) is 0. The van der Waals surface area contributed by atoms with E-state index in [1.54, 1.807) is 16.2 Å². The summed E-state index contributed by atoms with van der Waals surface area (Å²) in [5, 5.41) is 2.87. The molecule has 0 radical (unpaired) electrons. The fourth-order valence-electron chi connectivity index (χ4n) is 1.81. The highest BCUT2D eigenvalue weighted by Crippen LogP contribution is 2.18. The highest BCUT2D eigenvalue weighted by Gasteiger charge is 2.13. The lowest BCUT2D eigenvalue weighted by atomic mass is 10.1. The van der Waals surface area contributed by atoms with E-state index in [1.165, 1.54) is 16.0 Å². The Morgan fingerprint density at radius 1 is 1.26 bits per heavy atom. The number of hydrogen-bond acceptors (Lipinski definition) is 2. The van der Waals surface area contributed by atoms with Gasteiger partial charge in [-0.15, -0.1) is 11.3 Å². The van der Waals surface area contributed by atoms with Gasteiger partial charge in [0.05, 0.1) is 6.54 Å². The van der Waals surface area contributed by atoms with Crippen molar-refractivity contribution in [2.24, 2.45) is 0 Å². The van der Waals surface area contributed by atoms with Crippen molar-refractivity contribution in [3.63, 3.8) is 0 Å². The molecule has 0 fully saturated rings. The highest BCUT2D eigenvalue weighted by molar-refractivity contribution is 9.08. The van der Waals surface area contributed by atoms with Crippen LogP contribution in [0, 0.1) is 6.92 Å². The van der Waals surface area contributed by atoms with Gasteiger partial charge in [0.1, 0.15) is 0 Å². The Morgan fingerprint density at radius 2 is 1.95 bits per heavy atom. The van der Waals surface area contributed by atoms with E-state index in [0.29, 0.717) is 6.54 Å². The molecule has 0 spiro atoms. The summed E-state index contributed by atoms with van der Waals surface area (Å²) in [4.78, 5) is 15.3. The first kappa shape index (κ1) is 14.3. The molecule has 0 atom stereocenters. The maximum atomic E-state index is 12.3. The first-order chi connectivity index (χ1) is 9.11. The number of halogens is 1. The molecule has 1 aromatic carbocycles. The molecule has 0 unspecified atom stereocenters. The van der Waals surface area contributed by atoms with Gasteiger partial charge in [-0.25, -0.2) is 0 Å². The number of amides is 1. The van der Waals surface area contributed by atoms with Gasteiger partial charge < -0.3 is 4.90 Å². The largest absolute Gasteiger partial charge is 0.337 e. The van der Waals surface area contributed by atoms with Crippen LogP contribution in [0.2, 0.25) is 0 Å². The molecule has 4 heteroatoms. The van der Waals surface area contributed by atoms with Crippen LogP contribution in [-0.4, -0.2) is 17.9 Å². The average molecular weight is 338 g/mol. The molecule has 1 heterocycles. The van der Waals surface area contributed by atoms with Gasteiger partial charge in [-0.1, -0.05) is 28.1 Å². The van der Waals surface area contributed by atoms with Crippen LogP contribution >= 0.6 is 27.3 Å². The molecule has 0 N–H and O–H groups in total. The Kier molecular flexibility index (Phi) is 4.77. The number of thiophene rings is 1. The lowest BCUT2D eigenvalue weighted by Gasteiger charge is -2.17. The van der Waals surface area contributed by atoms with Gasteiger partial charge in [-0.3, -0.25) is 4.79 Å². The Hall–Kier alpha value is -1.13. The van der Waals surface area contributed by atoms with Gasteiger partial charge >= 0.3 is 0 Å². The van der Waals surface area contributed by atoms with Crippen molar-refractivity contribution in [3.05, 3.63) is 57.3 Å². The highest BCUT2D eigenvalue weighted by atomic mass is 79.9. The molecule has 2 rings (SSSR count). The SMILES string of the molecule is Cc1ccsc1CN(C)C(=O)c1ccc(CBr)cc1. The van der Waals surface area contributed by atoms with Gasteiger partial charge in [-0.2, -0.15) is 0 Å². The summed E-state index contributed by atoms with van der Waals surface area (Å²) in [5.74, 6) is 0.0638. The lowest BCUT2D eigenvalue weighted by molar-refractivity contribution is 0.0786. The number of alkyl halides is 1. The summed E-state index contributed by atoms with van der Waals surface area (Å²) in [7, 11) is 1.85. The number of hydrogen-bond donors (Lipinski definition) is 0.